The van der Waals surface area contributed by atoms with Crippen LogP contribution < -0.4 is 4.90 Å². The Morgan fingerprint density at radius 2 is 1.83 bits per heavy atom. The van der Waals surface area contributed by atoms with Crippen molar-refractivity contribution >= 4 is 46.0 Å². The molecule has 0 spiro atoms. The molecule has 2 aromatic carbocycles. The second kappa shape index (κ2) is 7.16. The van der Waals surface area contributed by atoms with Crippen molar-refractivity contribution in [3.8, 4) is 0 Å². The second-order valence-corrected chi connectivity index (χ2v) is 7.27. The highest BCUT2D eigenvalue weighted by Crippen LogP contribution is 2.36. The van der Waals surface area contributed by atoms with E-state index in [1.165, 1.54) is 11.8 Å². The standard InChI is InChI=1S/C20H17NOS2/c1-14-11-12-15(2)17(13-14)21-19(22)18(24-20(21)23)10-6-9-16-7-4-3-5-8-16/h3-13H,1-2H3. The van der Waals surface area contributed by atoms with Gasteiger partial charge in [0.15, 0.2) is 4.32 Å². The number of hydrogen-bond acceptors (Lipinski definition) is 3. The summed E-state index contributed by atoms with van der Waals surface area (Å²) in [5.41, 5.74) is 4.11. The van der Waals surface area contributed by atoms with Gasteiger partial charge >= 0.3 is 0 Å². The first-order chi connectivity index (χ1) is 11.6. The number of nitrogens with zero attached hydrogens (tertiary/aromatic N) is 1. The topological polar surface area (TPSA) is 20.3 Å². The average Bonchev–Trinajstić information content (AvgIpc) is 2.85. The lowest BCUT2D eigenvalue weighted by Crippen LogP contribution is -2.28. The molecule has 1 saturated heterocycles. The zero-order valence-corrected chi connectivity index (χ0v) is 15.2. The Labute approximate surface area is 151 Å². The van der Waals surface area contributed by atoms with E-state index in [1.807, 2.05) is 80.6 Å². The molecule has 2 aromatic rings. The summed E-state index contributed by atoms with van der Waals surface area (Å²) in [6.07, 6.45) is 5.70. The Morgan fingerprint density at radius 3 is 2.58 bits per heavy atom. The van der Waals surface area contributed by atoms with Gasteiger partial charge in [0.1, 0.15) is 0 Å². The minimum atomic E-state index is -0.0589. The SMILES string of the molecule is Cc1ccc(C)c(N2C(=O)C(=CC=Cc3ccccc3)SC2=S)c1. The van der Waals surface area contributed by atoms with Crippen LogP contribution in [0.3, 0.4) is 0 Å². The third kappa shape index (κ3) is 3.50. The highest BCUT2D eigenvalue weighted by molar-refractivity contribution is 8.27. The molecule has 4 heteroatoms. The van der Waals surface area contributed by atoms with Crippen molar-refractivity contribution in [2.75, 3.05) is 4.90 Å². The van der Waals surface area contributed by atoms with Crippen LogP contribution in [-0.4, -0.2) is 10.2 Å². The molecular formula is C20H17NOS2. The molecule has 0 N–H and O–H groups in total. The number of carbonyl (C=O) groups is 1. The molecule has 0 radical (unpaired) electrons. The van der Waals surface area contributed by atoms with E-state index in [0.717, 1.165) is 22.4 Å². The molecule has 1 aliphatic rings. The summed E-state index contributed by atoms with van der Waals surface area (Å²) in [5, 5.41) is 0. The zero-order chi connectivity index (χ0) is 17.1. The summed E-state index contributed by atoms with van der Waals surface area (Å²) in [6.45, 7) is 4.01. The molecule has 24 heavy (non-hydrogen) atoms. The molecule has 1 fully saturated rings. The van der Waals surface area contributed by atoms with Gasteiger partial charge in [-0.25, -0.2) is 0 Å². The first kappa shape index (κ1) is 16.7. The average molecular weight is 351 g/mol. The Bertz CT molecular complexity index is 853. The molecule has 1 amide bonds. The Morgan fingerprint density at radius 1 is 1.08 bits per heavy atom. The molecule has 0 aromatic heterocycles. The third-order valence-corrected chi connectivity index (χ3v) is 5.06. The quantitative estimate of drug-likeness (QED) is 0.555. The van der Waals surface area contributed by atoms with Crippen molar-refractivity contribution in [1.82, 2.24) is 0 Å². The molecule has 2 nitrogen and oxygen atoms in total. The molecular weight excluding hydrogens is 334 g/mol. The molecule has 1 heterocycles. The number of benzene rings is 2. The fourth-order valence-corrected chi connectivity index (χ4v) is 3.70. The van der Waals surface area contributed by atoms with E-state index in [4.69, 9.17) is 12.2 Å². The molecule has 0 atom stereocenters. The van der Waals surface area contributed by atoms with Crippen LogP contribution >= 0.6 is 24.0 Å². The van der Waals surface area contributed by atoms with Gasteiger partial charge in [0, 0.05) is 0 Å². The van der Waals surface area contributed by atoms with E-state index in [0.29, 0.717) is 9.23 Å². The van der Waals surface area contributed by atoms with Crippen molar-refractivity contribution in [2.45, 2.75) is 13.8 Å². The van der Waals surface area contributed by atoms with Crippen molar-refractivity contribution < 1.29 is 4.79 Å². The minimum Gasteiger partial charge on any atom is -0.268 e. The first-order valence-electron chi connectivity index (χ1n) is 7.63. The normalized spacial score (nSPS) is 16.6. The smallest absolute Gasteiger partial charge is 0.268 e. The fraction of sp³-hybridized carbons (Fsp3) is 0.100. The van der Waals surface area contributed by atoms with Gasteiger partial charge in [-0.15, -0.1) is 0 Å². The van der Waals surface area contributed by atoms with Crippen LogP contribution in [0.2, 0.25) is 0 Å². The number of rotatable bonds is 3. The molecule has 0 bridgehead atoms. The van der Waals surface area contributed by atoms with Crippen LogP contribution in [0.1, 0.15) is 16.7 Å². The van der Waals surface area contributed by atoms with Crippen LogP contribution in [0.5, 0.6) is 0 Å². The van der Waals surface area contributed by atoms with E-state index in [1.54, 1.807) is 4.90 Å². The van der Waals surface area contributed by atoms with E-state index in [9.17, 15) is 4.79 Å². The van der Waals surface area contributed by atoms with Gasteiger partial charge in [0.05, 0.1) is 10.6 Å². The number of aryl methyl sites for hydroxylation is 2. The Hall–Kier alpha value is -2.17. The molecule has 3 rings (SSSR count). The zero-order valence-electron chi connectivity index (χ0n) is 13.5. The second-order valence-electron chi connectivity index (χ2n) is 5.60. The number of anilines is 1. The van der Waals surface area contributed by atoms with Crippen LogP contribution in [0, 0.1) is 13.8 Å². The predicted molar refractivity (Wildman–Crippen MR) is 107 cm³/mol. The van der Waals surface area contributed by atoms with E-state index in [2.05, 4.69) is 0 Å². The van der Waals surface area contributed by atoms with Crippen molar-refractivity contribution in [1.29, 1.82) is 0 Å². The maximum atomic E-state index is 12.7. The van der Waals surface area contributed by atoms with Gasteiger partial charge in [0.25, 0.3) is 5.91 Å². The summed E-state index contributed by atoms with van der Waals surface area (Å²) in [4.78, 5) is 15.0. The molecule has 0 unspecified atom stereocenters. The van der Waals surface area contributed by atoms with Crippen LogP contribution in [0.25, 0.3) is 6.08 Å². The number of amides is 1. The summed E-state index contributed by atoms with van der Waals surface area (Å²) in [6, 6.07) is 16.0. The Balaban J connectivity index is 1.85. The lowest BCUT2D eigenvalue weighted by atomic mass is 10.1. The van der Waals surface area contributed by atoms with Gasteiger partial charge in [-0.2, -0.15) is 0 Å². The van der Waals surface area contributed by atoms with E-state index < -0.39 is 0 Å². The molecule has 1 aliphatic heterocycles. The monoisotopic (exact) mass is 351 g/mol. The lowest BCUT2D eigenvalue weighted by Gasteiger charge is -2.17. The van der Waals surface area contributed by atoms with Crippen molar-refractivity contribution in [2.24, 2.45) is 0 Å². The summed E-state index contributed by atoms with van der Waals surface area (Å²) < 4.78 is 0.577. The molecule has 0 aliphatic carbocycles. The van der Waals surface area contributed by atoms with Gasteiger partial charge in [-0.1, -0.05) is 78.6 Å². The predicted octanol–water partition coefficient (Wildman–Crippen LogP) is 5.27. The van der Waals surface area contributed by atoms with Crippen LogP contribution in [-0.2, 0) is 4.79 Å². The first-order valence-corrected chi connectivity index (χ1v) is 8.85. The third-order valence-electron chi connectivity index (χ3n) is 3.74. The summed E-state index contributed by atoms with van der Waals surface area (Å²) in [5.74, 6) is -0.0589. The number of thioether (sulfide) groups is 1. The number of hydrogen-bond donors (Lipinski definition) is 0. The van der Waals surface area contributed by atoms with Gasteiger partial charge in [-0.05, 0) is 42.7 Å². The largest absolute Gasteiger partial charge is 0.270 e. The highest BCUT2D eigenvalue weighted by Gasteiger charge is 2.33. The molecule has 0 saturated carbocycles. The van der Waals surface area contributed by atoms with Crippen LogP contribution in [0.4, 0.5) is 5.69 Å². The van der Waals surface area contributed by atoms with Gasteiger partial charge in [0.2, 0.25) is 0 Å². The maximum absolute atomic E-state index is 12.7. The fourth-order valence-electron chi connectivity index (χ4n) is 2.46. The van der Waals surface area contributed by atoms with E-state index in [-0.39, 0.29) is 5.91 Å². The summed E-state index contributed by atoms with van der Waals surface area (Å²) >= 11 is 6.77. The number of allylic oxidation sites excluding steroid dienone is 2. The summed E-state index contributed by atoms with van der Waals surface area (Å²) in [7, 11) is 0. The minimum absolute atomic E-state index is 0.0589. The lowest BCUT2D eigenvalue weighted by molar-refractivity contribution is -0.113. The number of thiocarbonyl (C=S) groups is 1. The Kier molecular flexibility index (Phi) is 4.97. The van der Waals surface area contributed by atoms with Gasteiger partial charge in [-0.3, -0.25) is 9.69 Å². The number of carbonyl (C=O) groups excluding carboxylic acids is 1. The maximum Gasteiger partial charge on any atom is 0.270 e. The van der Waals surface area contributed by atoms with E-state index >= 15 is 0 Å². The van der Waals surface area contributed by atoms with Crippen molar-refractivity contribution in [3.63, 3.8) is 0 Å². The van der Waals surface area contributed by atoms with Gasteiger partial charge < -0.3 is 0 Å². The van der Waals surface area contributed by atoms with Crippen LogP contribution in [0.15, 0.2) is 65.6 Å². The van der Waals surface area contributed by atoms with Crippen molar-refractivity contribution in [3.05, 3.63) is 82.3 Å². The molecule has 120 valence electrons. The highest BCUT2D eigenvalue weighted by atomic mass is 32.2.